The number of benzene rings is 1. The lowest BCUT2D eigenvalue weighted by Crippen LogP contribution is -2.28. The smallest absolute Gasteiger partial charge is 0.233 e. The molecule has 0 amide bonds. The molecule has 0 saturated carbocycles. The van der Waals surface area contributed by atoms with Gasteiger partial charge in [0.05, 0.1) is 6.04 Å². The van der Waals surface area contributed by atoms with E-state index in [2.05, 4.69) is 39.8 Å². The van der Waals surface area contributed by atoms with E-state index in [1.165, 1.54) is 11.1 Å². The summed E-state index contributed by atoms with van der Waals surface area (Å²) in [6.07, 6.45) is 1.71. The second kappa shape index (κ2) is 4.30. The molecule has 17 heavy (non-hydrogen) atoms. The van der Waals surface area contributed by atoms with E-state index in [-0.39, 0.29) is 6.04 Å². The molecule has 4 heteroatoms. The van der Waals surface area contributed by atoms with Gasteiger partial charge in [0.25, 0.3) is 0 Å². The van der Waals surface area contributed by atoms with E-state index < -0.39 is 0 Å². The lowest BCUT2D eigenvalue weighted by atomic mass is 9.96. The summed E-state index contributed by atoms with van der Waals surface area (Å²) in [7, 11) is 0. The predicted molar refractivity (Wildman–Crippen MR) is 63.4 cm³/mol. The Kier molecular flexibility index (Phi) is 2.65. The Morgan fingerprint density at radius 1 is 1.29 bits per heavy atom. The number of nitrogens with zero attached hydrogens (tertiary/aromatic N) is 2. The van der Waals surface area contributed by atoms with Crippen LogP contribution in [0.2, 0.25) is 0 Å². The maximum atomic E-state index is 5.60. The molecule has 4 nitrogen and oxygen atoms in total. The molecule has 1 N–H and O–H groups in total. The molecule has 2 aromatic rings. The van der Waals surface area contributed by atoms with Crippen molar-refractivity contribution in [1.82, 2.24) is 15.5 Å². The Morgan fingerprint density at radius 3 is 2.88 bits per heavy atom. The van der Waals surface area contributed by atoms with E-state index >= 15 is 0 Å². The van der Waals surface area contributed by atoms with Crippen molar-refractivity contribution >= 4 is 0 Å². The average molecular weight is 229 g/mol. The molecule has 0 aliphatic carbocycles. The average Bonchev–Trinajstić information content (AvgIpc) is 2.87. The summed E-state index contributed by atoms with van der Waals surface area (Å²) in [5.74, 6) is 1.41. The first kappa shape index (κ1) is 10.5. The van der Waals surface area contributed by atoms with Gasteiger partial charge in [-0.2, -0.15) is 0 Å². The quantitative estimate of drug-likeness (QED) is 0.856. The van der Waals surface area contributed by atoms with Gasteiger partial charge >= 0.3 is 0 Å². The Morgan fingerprint density at radius 2 is 2.12 bits per heavy atom. The molecule has 3 rings (SSSR count). The largest absolute Gasteiger partial charge is 0.424 e. The summed E-state index contributed by atoms with van der Waals surface area (Å²) >= 11 is 0. The fraction of sp³-hybridized carbons (Fsp3) is 0.385. The van der Waals surface area contributed by atoms with Crippen LogP contribution in [0.5, 0.6) is 0 Å². The molecular weight excluding hydrogens is 214 g/mol. The lowest BCUT2D eigenvalue weighted by Gasteiger charge is -2.23. The van der Waals surface area contributed by atoms with Crippen LogP contribution in [0.4, 0.5) is 0 Å². The van der Waals surface area contributed by atoms with Crippen LogP contribution in [-0.2, 0) is 19.4 Å². The van der Waals surface area contributed by atoms with Crippen molar-refractivity contribution in [2.75, 3.05) is 0 Å². The third-order valence-corrected chi connectivity index (χ3v) is 3.16. The van der Waals surface area contributed by atoms with Gasteiger partial charge in [-0.3, -0.25) is 0 Å². The zero-order valence-electron chi connectivity index (χ0n) is 9.81. The highest BCUT2D eigenvalue weighted by Crippen LogP contribution is 2.24. The molecule has 0 bridgehead atoms. The molecular formula is C13H15N3O. The highest BCUT2D eigenvalue weighted by molar-refractivity contribution is 5.30. The molecule has 1 aliphatic rings. The van der Waals surface area contributed by atoms with E-state index in [9.17, 15) is 0 Å². The normalized spacial score (nSPS) is 19.0. The standard InChI is InChI=1S/C13H15N3O/c1-2-12-15-16-13(17-12)11-7-9-5-3-4-6-10(9)8-14-11/h3-6,11,14H,2,7-8H2,1H3/t11-/m1/s1. The summed E-state index contributed by atoms with van der Waals surface area (Å²) in [6.45, 7) is 2.88. The first-order chi connectivity index (χ1) is 8.36. The van der Waals surface area contributed by atoms with Crippen molar-refractivity contribution in [3.63, 3.8) is 0 Å². The summed E-state index contributed by atoms with van der Waals surface area (Å²) in [4.78, 5) is 0. The van der Waals surface area contributed by atoms with E-state index in [4.69, 9.17) is 4.42 Å². The molecule has 0 saturated heterocycles. The minimum Gasteiger partial charge on any atom is -0.424 e. The number of aromatic nitrogens is 2. The number of hydrogen-bond acceptors (Lipinski definition) is 4. The van der Waals surface area contributed by atoms with Crippen LogP contribution in [0, 0.1) is 0 Å². The van der Waals surface area contributed by atoms with E-state index in [1.807, 2.05) is 6.92 Å². The lowest BCUT2D eigenvalue weighted by molar-refractivity contribution is 0.367. The first-order valence-electron chi connectivity index (χ1n) is 5.99. The van der Waals surface area contributed by atoms with Gasteiger partial charge in [0, 0.05) is 13.0 Å². The van der Waals surface area contributed by atoms with Gasteiger partial charge < -0.3 is 9.73 Å². The molecule has 0 fully saturated rings. The summed E-state index contributed by atoms with van der Waals surface area (Å²) in [6, 6.07) is 8.62. The molecule has 0 spiro atoms. The van der Waals surface area contributed by atoms with Crippen LogP contribution < -0.4 is 5.32 Å². The fourth-order valence-corrected chi connectivity index (χ4v) is 2.18. The molecule has 1 atom stereocenters. The molecule has 2 heterocycles. The van der Waals surface area contributed by atoms with Gasteiger partial charge in [-0.15, -0.1) is 10.2 Å². The number of hydrogen-bond donors (Lipinski definition) is 1. The molecule has 1 aliphatic heterocycles. The zero-order valence-corrected chi connectivity index (χ0v) is 9.81. The van der Waals surface area contributed by atoms with Gasteiger partial charge in [-0.05, 0) is 17.5 Å². The van der Waals surface area contributed by atoms with Gasteiger partial charge in [0.1, 0.15) is 0 Å². The number of rotatable bonds is 2. The highest BCUT2D eigenvalue weighted by Gasteiger charge is 2.23. The van der Waals surface area contributed by atoms with Crippen LogP contribution in [0.3, 0.4) is 0 Å². The van der Waals surface area contributed by atoms with E-state index in [1.54, 1.807) is 0 Å². The van der Waals surface area contributed by atoms with Crippen molar-refractivity contribution in [2.45, 2.75) is 32.4 Å². The van der Waals surface area contributed by atoms with Crippen LogP contribution in [-0.4, -0.2) is 10.2 Å². The first-order valence-corrected chi connectivity index (χ1v) is 5.99. The van der Waals surface area contributed by atoms with Crippen LogP contribution in [0.1, 0.15) is 35.9 Å². The third-order valence-electron chi connectivity index (χ3n) is 3.16. The van der Waals surface area contributed by atoms with Gasteiger partial charge in [0.2, 0.25) is 11.8 Å². The molecule has 0 unspecified atom stereocenters. The van der Waals surface area contributed by atoms with Crippen LogP contribution in [0.15, 0.2) is 28.7 Å². The SMILES string of the molecule is CCc1nnc([C@H]2Cc3ccccc3CN2)o1. The second-order valence-electron chi connectivity index (χ2n) is 4.29. The molecule has 88 valence electrons. The number of nitrogens with one attached hydrogen (secondary N) is 1. The van der Waals surface area contributed by atoms with Gasteiger partial charge in [-0.1, -0.05) is 31.2 Å². The number of fused-ring (bicyclic) bond motifs is 1. The Labute approximate surface area is 100 Å². The van der Waals surface area contributed by atoms with Crippen LogP contribution >= 0.6 is 0 Å². The maximum Gasteiger partial charge on any atom is 0.233 e. The predicted octanol–water partition coefficient (Wildman–Crippen LogP) is 2.02. The highest BCUT2D eigenvalue weighted by atomic mass is 16.4. The Bertz CT molecular complexity index is 521. The Balaban J connectivity index is 1.84. The van der Waals surface area contributed by atoms with Crippen molar-refractivity contribution in [3.05, 3.63) is 47.2 Å². The maximum absolute atomic E-state index is 5.60. The second-order valence-corrected chi connectivity index (χ2v) is 4.29. The molecule has 1 aromatic heterocycles. The van der Waals surface area contributed by atoms with Crippen molar-refractivity contribution in [3.8, 4) is 0 Å². The number of aryl methyl sites for hydroxylation is 1. The summed E-state index contributed by atoms with van der Waals surface area (Å²) in [5.41, 5.74) is 2.73. The molecule has 0 radical (unpaired) electrons. The monoisotopic (exact) mass is 229 g/mol. The minimum absolute atomic E-state index is 0.151. The summed E-state index contributed by atoms with van der Waals surface area (Å²) < 4.78 is 5.60. The van der Waals surface area contributed by atoms with Crippen LogP contribution in [0.25, 0.3) is 0 Å². The van der Waals surface area contributed by atoms with Crippen molar-refractivity contribution < 1.29 is 4.42 Å². The molecule has 1 aromatic carbocycles. The van der Waals surface area contributed by atoms with E-state index in [0.29, 0.717) is 11.8 Å². The third kappa shape index (κ3) is 1.96. The topological polar surface area (TPSA) is 51.0 Å². The van der Waals surface area contributed by atoms with Gasteiger partial charge in [-0.25, -0.2) is 0 Å². The fourth-order valence-electron chi connectivity index (χ4n) is 2.18. The Hall–Kier alpha value is -1.68. The van der Waals surface area contributed by atoms with Gasteiger partial charge in [0.15, 0.2) is 0 Å². The zero-order chi connectivity index (χ0) is 11.7. The van der Waals surface area contributed by atoms with E-state index in [0.717, 1.165) is 19.4 Å². The van der Waals surface area contributed by atoms with Crippen molar-refractivity contribution in [1.29, 1.82) is 0 Å². The summed E-state index contributed by atoms with van der Waals surface area (Å²) in [5, 5.41) is 11.5. The minimum atomic E-state index is 0.151. The van der Waals surface area contributed by atoms with Crippen molar-refractivity contribution in [2.24, 2.45) is 0 Å².